The highest BCUT2D eigenvalue weighted by atomic mass is 15.3. The van der Waals surface area contributed by atoms with Gasteiger partial charge in [0, 0.05) is 11.8 Å². The normalized spacial score (nSPS) is 11.3. The number of benzene rings is 1. The molecule has 0 aliphatic heterocycles. The van der Waals surface area contributed by atoms with Gasteiger partial charge in [0.2, 0.25) is 0 Å². The third-order valence-corrected chi connectivity index (χ3v) is 2.70. The van der Waals surface area contributed by atoms with Crippen LogP contribution in [-0.2, 0) is 6.42 Å². The summed E-state index contributed by atoms with van der Waals surface area (Å²) in [7, 11) is 0. The monoisotopic (exact) mass is 212 g/mol. The Morgan fingerprint density at radius 3 is 2.94 bits per heavy atom. The third-order valence-electron chi connectivity index (χ3n) is 2.70. The molecule has 3 aromatic rings. The number of para-hydroxylation sites is 1. The Hall–Kier alpha value is -1.97. The van der Waals surface area contributed by atoms with Crippen molar-refractivity contribution in [3.63, 3.8) is 0 Å². The minimum absolute atomic E-state index is 0.897. The van der Waals surface area contributed by atoms with Crippen LogP contribution < -0.4 is 0 Å². The Morgan fingerprint density at radius 1 is 1.19 bits per heavy atom. The van der Waals surface area contributed by atoms with E-state index in [1.54, 1.807) is 0 Å². The van der Waals surface area contributed by atoms with Crippen molar-refractivity contribution in [3.05, 3.63) is 36.4 Å². The van der Waals surface area contributed by atoms with Crippen molar-refractivity contribution in [1.29, 1.82) is 0 Å². The molecule has 2 aromatic heterocycles. The van der Waals surface area contributed by atoms with Crippen LogP contribution in [0.15, 0.2) is 30.6 Å². The van der Waals surface area contributed by atoms with Gasteiger partial charge in [-0.2, -0.15) is 0 Å². The fourth-order valence-electron chi connectivity index (χ4n) is 1.92. The molecule has 0 amide bonds. The van der Waals surface area contributed by atoms with Crippen molar-refractivity contribution in [2.24, 2.45) is 0 Å². The molecule has 80 valence electrons. The summed E-state index contributed by atoms with van der Waals surface area (Å²) in [5.41, 5.74) is 1.86. The highest BCUT2D eigenvalue weighted by molar-refractivity contribution is 5.90. The summed E-state index contributed by atoms with van der Waals surface area (Å²) >= 11 is 0. The molecule has 0 fully saturated rings. The van der Waals surface area contributed by atoms with Crippen LogP contribution in [0.4, 0.5) is 0 Å². The van der Waals surface area contributed by atoms with E-state index in [1.165, 1.54) is 0 Å². The molecule has 3 rings (SSSR count). The molecule has 0 aliphatic rings. The average molecular weight is 212 g/mol. The zero-order chi connectivity index (χ0) is 11.0. The molecule has 0 saturated heterocycles. The van der Waals surface area contributed by atoms with Gasteiger partial charge in [-0.05, 0) is 18.6 Å². The SMILES string of the molecule is CCCc1nnc2c3ccccc3ncn12. The lowest BCUT2D eigenvalue weighted by Gasteiger charge is -2.00. The minimum Gasteiger partial charge on any atom is -0.269 e. The summed E-state index contributed by atoms with van der Waals surface area (Å²) in [6.07, 6.45) is 3.80. The van der Waals surface area contributed by atoms with Gasteiger partial charge in [0.15, 0.2) is 5.65 Å². The van der Waals surface area contributed by atoms with Gasteiger partial charge in [0.25, 0.3) is 0 Å². The summed E-state index contributed by atoms with van der Waals surface area (Å²) in [5, 5.41) is 9.50. The zero-order valence-electron chi connectivity index (χ0n) is 9.09. The Bertz CT molecular complexity index is 642. The van der Waals surface area contributed by atoms with Crippen molar-refractivity contribution in [3.8, 4) is 0 Å². The van der Waals surface area contributed by atoms with E-state index in [4.69, 9.17) is 0 Å². The predicted octanol–water partition coefficient (Wildman–Crippen LogP) is 2.23. The molecule has 16 heavy (non-hydrogen) atoms. The minimum atomic E-state index is 0.897. The van der Waals surface area contributed by atoms with E-state index < -0.39 is 0 Å². The van der Waals surface area contributed by atoms with Crippen LogP contribution in [0, 0.1) is 0 Å². The first-order chi connectivity index (χ1) is 7.90. The van der Waals surface area contributed by atoms with Gasteiger partial charge in [-0.3, -0.25) is 4.40 Å². The number of fused-ring (bicyclic) bond motifs is 3. The third kappa shape index (κ3) is 1.26. The predicted molar refractivity (Wildman–Crippen MR) is 62.3 cm³/mol. The Morgan fingerprint density at radius 2 is 2.06 bits per heavy atom. The first kappa shape index (κ1) is 9.27. The molecule has 0 bridgehead atoms. The Balaban J connectivity index is 2.36. The topological polar surface area (TPSA) is 43.1 Å². The van der Waals surface area contributed by atoms with Crippen LogP contribution in [0.25, 0.3) is 16.6 Å². The van der Waals surface area contributed by atoms with E-state index in [0.717, 1.165) is 35.2 Å². The van der Waals surface area contributed by atoms with Gasteiger partial charge in [-0.1, -0.05) is 19.1 Å². The largest absolute Gasteiger partial charge is 0.269 e. The molecule has 0 unspecified atom stereocenters. The number of hydrogen-bond acceptors (Lipinski definition) is 3. The molecule has 0 spiro atoms. The van der Waals surface area contributed by atoms with Gasteiger partial charge >= 0.3 is 0 Å². The fourth-order valence-corrected chi connectivity index (χ4v) is 1.92. The summed E-state index contributed by atoms with van der Waals surface area (Å²) < 4.78 is 1.98. The van der Waals surface area contributed by atoms with E-state index in [2.05, 4.69) is 22.1 Å². The molecule has 4 nitrogen and oxygen atoms in total. The molecular formula is C12H12N4. The second kappa shape index (κ2) is 3.56. The van der Waals surface area contributed by atoms with Crippen molar-refractivity contribution in [2.45, 2.75) is 19.8 Å². The summed E-state index contributed by atoms with van der Waals surface area (Å²) in [5.74, 6) is 0.982. The molecule has 2 heterocycles. The zero-order valence-corrected chi connectivity index (χ0v) is 9.09. The van der Waals surface area contributed by atoms with E-state index in [-0.39, 0.29) is 0 Å². The van der Waals surface area contributed by atoms with E-state index in [1.807, 2.05) is 35.0 Å². The first-order valence-electron chi connectivity index (χ1n) is 5.47. The number of aryl methyl sites for hydroxylation is 1. The van der Waals surface area contributed by atoms with Crippen molar-refractivity contribution in [1.82, 2.24) is 19.6 Å². The maximum atomic E-state index is 4.41. The lowest BCUT2D eigenvalue weighted by atomic mass is 10.2. The maximum absolute atomic E-state index is 4.41. The van der Waals surface area contributed by atoms with Gasteiger partial charge in [-0.25, -0.2) is 4.98 Å². The summed E-state index contributed by atoms with van der Waals surface area (Å²) in [6, 6.07) is 8.00. The highest BCUT2D eigenvalue weighted by Gasteiger charge is 2.07. The maximum Gasteiger partial charge on any atom is 0.171 e. The number of aromatic nitrogens is 4. The molecule has 0 aliphatic carbocycles. The summed E-state index contributed by atoms with van der Waals surface area (Å²) in [4.78, 5) is 4.41. The quantitative estimate of drug-likeness (QED) is 0.654. The molecule has 1 aromatic carbocycles. The van der Waals surface area contributed by atoms with Crippen molar-refractivity contribution in [2.75, 3.05) is 0 Å². The molecule has 0 radical (unpaired) electrons. The fraction of sp³-hybridized carbons (Fsp3) is 0.250. The lowest BCUT2D eigenvalue weighted by Crippen LogP contribution is -1.95. The number of nitrogens with zero attached hydrogens (tertiary/aromatic N) is 4. The molecule has 0 atom stereocenters. The lowest BCUT2D eigenvalue weighted by molar-refractivity contribution is 0.813. The second-order valence-corrected chi connectivity index (χ2v) is 3.82. The van der Waals surface area contributed by atoms with Gasteiger partial charge < -0.3 is 0 Å². The van der Waals surface area contributed by atoms with Gasteiger partial charge in [0.1, 0.15) is 12.2 Å². The van der Waals surface area contributed by atoms with Crippen LogP contribution in [-0.4, -0.2) is 19.6 Å². The van der Waals surface area contributed by atoms with Crippen LogP contribution in [0.2, 0.25) is 0 Å². The van der Waals surface area contributed by atoms with Gasteiger partial charge in [-0.15, -0.1) is 10.2 Å². The molecule has 4 heteroatoms. The van der Waals surface area contributed by atoms with Crippen LogP contribution >= 0.6 is 0 Å². The van der Waals surface area contributed by atoms with E-state index in [0.29, 0.717) is 0 Å². The highest BCUT2D eigenvalue weighted by Crippen LogP contribution is 2.16. The van der Waals surface area contributed by atoms with Crippen LogP contribution in [0.3, 0.4) is 0 Å². The molecule has 0 N–H and O–H groups in total. The Kier molecular flexibility index (Phi) is 2.06. The van der Waals surface area contributed by atoms with Crippen LogP contribution in [0.1, 0.15) is 19.2 Å². The smallest absolute Gasteiger partial charge is 0.171 e. The first-order valence-corrected chi connectivity index (χ1v) is 5.47. The van der Waals surface area contributed by atoms with Crippen LogP contribution in [0.5, 0.6) is 0 Å². The molecular weight excluding hydrogens is 200 g/mol. The number of rotatable bonds is 2. The molecule has 0 saturated carbocycles. The average Bonchev–Trinajstić information content (AvgIpc) is 2.73. The van der Waals surface area contributed by atoms with Gasteiger partial charge in [0.05, 0.1) is 5.52 Å². The standard InChI is InChI=1S/C12H12N4/c1-2-5-11-14-15-12-9-6-3-4-7-10(9)13-8-16(11)12/h3-4,6-8H,2,5H2,1H3. The Labute approximate surface area is 93.0 Å². The summed E-state index contributed by atoms with van der Waals surface area (Å²) in [6.45, 7) is 2.13. The second-order valence-electron chi connectivity index (χ2n) is 3.82. The van der Waals surface area contributed by atoms with Crippen molar-refractivity contribution < 1.29 is 0 Å². The van der Waals surface area contributed by atoms with E-state index in [9.17, 15) is 0 Å². The van der Waals surface area contributed by atoms with E-state index >= 15 is 0 Å². The number of hydrogen-bond donors (Lipinski definition) is 0. The van der Waals surface area contributed by atoms with Crippen molar-refractivity contribution >= 4 is 16.6 Å².